The Morgan fingerprint density at radius 2 is 1.42 bits per heavy atom. The van der Waals surface area contributed by atoms with Crippen LogP contribution in [-0.4, -0.2) is 20.1 Å². The molecule has 3 rings (SSSR count). The summed E-state index contributed by atoms with van der Waals surface area (Å²) < 4.78 is 27.3. The van der Waals surface area contributed by atoms with Crippen molar-refractivity contribution in [2.75, 3.05) is 0 Å². The van der Waals surface area contributed by atoms with E-state index in [0.29, 0.717) is 16.7 Å². The van der Waals surface area contributed by atoms with Crippen molar-refractivity contribution in [3.63, 3.8) is 0 Å². The van der Waals surface area contributed by atoms with Gasteiger partial charge in [0.1, 0.15) is 0 Å². The molecule has 8 heteroatoms. The Labute approximate surface area is 181 Å². The zero-order chi connectivity index (χ0) is 22.3. The van der Waals surface area contributed by atoms with Gasteiger partial charge in [0.2, 0.25) is 10.0 Å². The molecule has 3 aromatic carbocycles. The summed E-state index contributed by atoms with van der Waals surface area (Å²) in [6.07, 6.45) is 0. The first-order valence-corrected chi connectivity index (χ1v) is 11.0. The lowest BCUT2D eigenvalue weighted by Gasteiger charge is -2.09. The van der Waals surface area contributed by atoms with Crippen molar-refractivity contribution in [2.24, 2.45) is 0 Å². The van der Waals surface area contributed by atoms with Gasteiger partial charge in [0.15, 0.2) is 5.78 Å². The van der Waals surface area contributed by atoms with Crippen LogP contribution in [0.2, 0.25) is 0 Å². The number of hydrogen-bond donors (Lipinski definition) is 2. The molecule has 160 valence electrons. The lowest BCUT2D eigenvalue weighted by atomic mass is 10.1. The predicted octanol–water partition coefficient (Wildman–Crippen LogP) is 3.23. The highest BCUT2D eigenvalue weighted by molar-refractivity contribution is 7.89. The van der Waals surface area contributed by atoms with Crippen LogP contribution in [0.4, 0.5) is 0 Å². The van der Waals surface area contributed by atoms with Crippen molar-refractivity contribution in [1.29, 1.82) is 0 Å². The molecule has 3 aromatic rings. The van der Waals surface area contributed by atoms with Crippen LogP contribution in [0.5, 0.6) is 0 Å². The Bertz CT molecular complexity index is 1140. The van der Waals surface area contributed by atoms with Gasteiger partial charge in [-0.05, 0) is 42.3 Å². The molecule has 0 saturated carbocycles. The topological polar surface area (TPSA) is 102 Å². The normalized spacial score (nSPS) is 11.1. The molecule has 0 aliphatic heterocycles. The van der Waals surface area contributed by atoms with Gasteiger partial charge in [-0.2, -0.15) is 0 Å². The molecule has 7 nitrogen and oxygen atoms in total. The van der Waals surface area contributed by atoms with E-state index in [-0.39, 0.29) is 23.8 Å². The summed E-state index contributed by atoms with van der Waals surface area (Å²) in [4.78, 5) is 28.8. The Morgan fingerprint density at radius 1 is 0.806 bits per heavy atom. The zero-order valence-electron chi connectivity index (χ0n) is 16.9. The second kappa shape index (κ2) is 10.1. The first-order chi connectivity index (χ1) is 14.8. The van der Waals surface area contributed by atoms with Gasteiger partial charge in [-0.1, -0.05) is 54.6 Å². The van der Waals surface area contributed by atoms with Crippen molar-refractivity contribution in [1.82, 2.24) is 10.2 Å². The molecule has 0 saturated heterocycles. The number of carbonyl (C=O) groups is 2. The summed E-state index contributed by atoms with van der Waals surface area (Å²) in [5, 5.41) is 0. The minimum atomic E-state index is -3.73. The van der Waals surface area contributed by atoms with E-state index in [0.717, 1.165) is 5.56 Å². The van der Waals surface area contributed by atoms with Crippen molar-refractivity contribution in [3.8, 4) is 0 Å². The molecule has 2 N–H and O–H groups in total. The maximum absolute atomic E-state index is 12.4. The summed E-state index contributed by atoms with van der Waals surface area (Å²) in [5.41, 5.74) is 4.83. The molecule has 1 amide bonds. The average Bonchev–Trinajstić information content (AvgIpc) is 2.79. The molecule has 0 heterocycles. The quantitative estimate of drug-likeness (QED) is 0.395. The molecule has 0 unspecified atom stereocenters. The first kappa shape index (κ1) is 22.4. The van der Waals surface area contributed by atoms with Crippen LogP contribution in [0.15, 0.2) is 83.8 Å². The number of hydrogen-bond acceptors (Lipinski definition) is 5. The number of amides is 1. The van der Waals surface area contributed by atoms with E-state index >= 15 is 0 Å². The molecule has 0 atom stereocenters. The van der Waals surface area contributed by atoms with E-state index in [1.807, 2.05) is 30.3 Å². The van der Waals surface area contributed by atoms with Crippen molar-refractivity contribution in [3.05, 3.63) is 101 Å². The number of carbonyl (C=O) groups excluding carboxylic acids is 2. The van der Waals surface area contributed by atoms with Crippen molar-refractivity contribution in [2.45, 2.75) is 25.0 Å². The second-order valence-electron chi connectivity index (χ2n) is 6.81. The van der Waals surface area contributed by atoms with E-state index in [1.165, 1.54) is 31.2 Å². The molecular weight excluding hydrogens is 416 g/mol. The Morgan fingerprint density at radius 3 is 2.03 bits per heavy atom. The number of benzene rings is 3. The van der Waals surface area contributed by atoms with Gasteiger partial charge in [0.05, 0.1) is 11.5 Å². The molecule has 0 bridgehead atoms. The summed E-state index contributed by atoms with van der Waals surface area (Å²) in [6, 6.07) is 21.7. The third-order valence-electron chi connectivity index (χ3n) is 4.50. The molecule has 0 fully saturated rings. The Hall–Kier alpha value is -3.33. The fourth-order valence-corrected chi connectivity index (χ4v) is 3.74. The number of ketones is 1. The fourth-order valence-electron chi connectivity index (χ4n) is 2.72. The molecular formula is C23H22N2O5S. The Balaban J connectivity index is 1.52. The predicted molar refractivity (Wildman–Crippen MR) is 116 cm³/mol. The van der Waals surface area contributed by atoms with Crippen LogP contribution in [0.3, 0.4) is 0 Å². The van der Waals surface area contributed by atoms with Crippen molar-refractivity contribution < 1.29 is 22.8 Å². The summed E-state index contributed by atoms with van der Waals surface area (Å²) >= 11 is 0. The van der Waals surface area contributed by atoms with Gasteiger partial charge in [-0.25, -0.2) is 18.6 Å². The largest absolute Gasteiger partial charge is 0.295 e. The number of sulfonamides is 1. The molecule has 0 aromatic heterocycles. The highest BCUT2D eigenvalue weighted by Crippen LogP contribution is 2.12. The monoisotopic (exact) mass is 438 g/mol. The molecule has 0 spiro atoms. The van der Waals surface area contributed by atoms with E-state index in [9.17, 15) is 18.0 Å². The van der Waals surface area contributed by atoms with Crippen LogP contribution in [0.1, 0.15) is 38.8 Å². The van der Waals surface area contributed by atoms with Gasteiger partial charge >= 0.3 is 0 Å². The number of hydroxylamine groups is 1. The summed E-state index contributed by atoms with van der Waals surface area (Å²) in [5.74, 6) is -0.528. The lowest BCUT2D eigenvalue weighted by Crippen LogP contribution is -2.24. The third-order valence-corrected chi connectivity index (χ3v) is 5.92. The van der Waals surface area contributed by atoms with Gasteiger partial charge in [-0.15, -0.1) is 0 Å². The van der Waals surface area contributed by atoms with Crippen LogP contribution in [0, 0.1) is 0 Å². The maximum Gasteiger partial charge on any atom is 0.274 e. The van der Waals surface area contributed by atoms with Crippen LogP contribution in [-0.2, 0) is 28.0 Å². The Kier molecular flexibility index (Phi) is 7.30. The highest BCUT2D eigenvalue weighted by atomic mass is 32.2. The summed E-state index contributed by atoms with van der Waals surface area (Å²) in [7, 11) is -3.73. The smallest absolute Gasteiger partial charge is 0.274 e. The molecule has 0 aliphatic carbocycles. The van der Waals surface area contributed by atoms with E-state index in [1.54, 1.807) is 24.3 Å². The minimum absolute atomic E-state index is 0.0587. The lowest BCUT2D eigenvalue weighted by molar-refractivity contribution is 0.0233. The van der Waals surface area contributed by atoms with Crippen LogP contribution < -0.4 is 10.2 Å². The SMILES string of the molecule is CC(=O)c1ccc(S(=O)(=O)NCc2ccc(C(=O)NOCc3ccccc3)cc2)cc1. The average molecular weight is 439 g/mol. The maximum atomic E-state index is 12.4. The highest BCUT2D eigenvalue weighted by Gasteiger charge is 2.14. The molecule has 0 radical (unpaired) electrons. The number of rotatable bonds is 9. The first-order valence-electron chi connectivity index (χ1n) is 9.51. The van der Waals surface area contributed by atoms with Crippen LogP contribution >= 0.6 is 0 Å². The number of nitrogens with one attached hydrogen (secondary N) is 2. The van der Waals surface area contributed by atoms with Gasteiger partial charge in [0, 0.05) is 17.7 Å². The van der Waals surface area contributed by atoms with E-state index in [2.05, 4.69) is 10.2 Å². The van der Waals surface area contributed by atoms with E-state index in [4.69, 9.17) is 4.84 Å². The van der Waals surface area contributed by atoms with Crippen LogP contribution in [0.25, 0.3) is 0 Å². The van der Waals surface area contributed by atoms with Gasteiger partial charge < -0.3 is 0 Å². The zero-order valence-corrected chi connectivity index (χ0v) is 17.7. The second-order valence-corrected chi connectivity index (χ2v) is 8.57. The number of Topliss-reactive ketones (excluding diaryl/α,β-unsaturated/α-hetero) is 1. The summed E-state index contributed by atoms with van der Waals surface area (Å²) in [6.45, 7) is 1.73. The fraction of sp³-hybridized carbons (Fsp3) is 0.130. The third kappa shape index (κ3) is 6.32. The molecule has 31 heavy (non-hydrogen) atoms. The van der Waals surface area contributed by atoms with Crippen molar-refractivity contribution >= 4 is 21.7 Å². The minimum Gasteiger partial charge on any atom is -0.295 e. The standard InChI is InChI=1S/C23H22N2O5S/c1-17(26)20-11-13-22(14-12-20)31(28,29)24-15-18-7-9-21(10-8-18)23(27)25-30-16-19-5-3-2-4-6-19/h2-14,24H,15-16H2,1H3,(H,25,27). The van der Waals surface area contributed by atoms with Gasteiger partial charge in [-0.3, -0.25) is 14.4 Å². The van der Waals surface area contributed by atoms with E-state index < -0.39 is 15.9 Å². The van der Waals surface area contributed by atoms with Gasteiger partial charge in [0.25, 0.3) is 5.91 Å². The molecule has 0 aliphatic rings.